The maximum Gasteiger partial charge on any atom is 0.429 e. The Labute approximate surface area is 218 Å². The third-order valence-corrected chi connectivity index (χ3v) is 7.36. The van der Waals surface area contributed by atoms with Gasteiger partial charge in [0.2, 0.25) is 0 Å². The van der Waals surface area contributed by atoms with Crippen LogP contribution in [0.25, 0.3) is 11.1 Å². The van der Waals surface area contributed by atoms with Crippen molar-refractivity contribution in [3.05, 3.63) is 59.7 Å². The first-order chi connectivity index (χ1) is 17.2. The lowest BCUT2D eigenvalue weighted by atomic mass is 9.85. The van der Waals surface area contributed by atoms with Crippen LogP contribution >= 0.6 is 12.2 Å². The van der Waals surface area contributed by atoms with E-state index in [2.05, 4.69) is 35.0 Å². The van der Waals surface area contributed by atoms with Crippen molar-refractivity contribution in [2.24, 2.45) is 5.92 Å². The number of thiocarbonyl (C=S) groups is 1. The monoisotopic (exact) mass is 509 g/mol. The van der Waals surface area contributed by atoms with Gasteiger partial charge in [-0.25, -0.2) is 20.0 Å². The van der Waals surface area contributed by atoms with Gasteiger partial charge in [-0.2, -0.15) is 0 Å². The molecule has 2 aromatic rings. The molecule has 7 nitrogen and oxygen atoms in total. The number of benzene rings is 2. The van der Waals surface area contributed by atoms with Crippen LogP contribution < -0.4 is 10.7 Å². The van der Waals surface area contributed by atoms with E-state index in [0.29, 0.717) is 12.8 Å². The predicted octanol–water partition coefficient (Wildman–Crippen LogP) is 5.78. The number of nitrogens with zero attached hydrogens (tertiary/aromatic N) is 1. The van der Waals surface area contributed by atoms with E-state index < -0.39 is 17.8 Å². The molecule has 4 rings (SSSR count). The molecule has 0 spiro atoms. The fourth-order valence-electron chi connectivity index (χ4n) is 5.15. The molecule has 0 unspecified atom stereocenters. The number of rotatable bonds is 4. The van der Waals surface area contributed by atoms with Gasteiger partial charge in [-0.1, -0.05) is 60.7 Å². The van der Waals surface area contributed by atoms with Gasteiger partial charge in [0.25, 0.3) is 0 Å². The van der Waals surface area contributed by atoms with Crippen molar-refractivity contribution in [1.29, 1.82) is 0 Å². The quantitative estimate of drug-likeness (QED) is 0.402. The minimum Gasteiger partial charge on any atom is -0.447 e. The van der Waals surface area contributed by atoms with E-state index >= 15 is 0 Å². The molecule has 192 valence electrons. The Morgan fingerprint density at radius 3 is 2.06 bits per heavy atom. The molecular weight excluding hydrogens is 474 g/mol. The number of nitrogens with one attached hydrogen (secondary N) is 2. The molecule has 0 atom stereocenters. The molecule has 0 aromatic heterocycles. The van der Waals surface area contributed by atoms with Crippen molar-refractivity contribution in [1.82, 2.24) is 15.8 Å². The van der Waals surface area contributed by atoms with Crippen LogP contribution in [0.5, 0.6) is 0 Å². The average molecular weight is 510 g/mol. The van der Waals surface area contributed by atoms with Gasteiger partial charge in [0.1, 0.15) is 12.2 Å². The van der Waals surface area contributed by atoms with Gasteiger partial charge in [-0.05, 0) is 68.7 Å². The number of fused-ring (bicyclic) bond motifs is 3. The summed E-state index contributed by atoms with van der Waals surface area (Å²) in [4.78, 5) is 26.8. The van der Waals surface area contributed by atoms with Crippen molar-refractivity contribution in [2.75, 3.05) is 13.7 Å². The summed E-state index contributed by atoms with van der Waals surface area (Å²) in [7, 11) is 1.83. The molecule has 8 heteroatoms. The van der Waals surface area contributed by atoms with Crippen LogP contribution in [0, 0.1) is 5.92 Å². The second-order valence-corrected chi connectivity index (χ2v) is 10.8. The number of carbonyl (C=O) groups is 2. The normalized spacial score (nSPS) is 19.0. The van der Waals surface area contributed by atoms with E-state index in [9.17, 15) is 9.59 Å². The number of amides is 2. The maximum atomic E-state index is 13.4. The smallest absolute Gasteiger partial charge is 0.429 e. The van der Waals surface area contributed by atoms with Crippen LogP contribution in [-0.4, -0.2) is 47.5 Å². The number of hydrazine groups is 1. The topological polar surface area (TPSA) is 79.9 Å². The van der Waals surface area contributed by atoms with E-state index in [-0.39, 0.29) is 24.5 Å². The summed E-state index contributed by atoms with van der Waals surface area (Å²) in [6.07, 6.45) is 1.80. The second kappa shape index (κ2) is 10.9. The van der Waals surface area contributed by atoms with Crippen molar-refractivity contribution >= 4 is 29.4 Å². The summed E-state index contributed by atoms with van der Waals surface area (Å²) in [6.45, 7) is 5.54. The molecule has 2 aliphatic carbocycles. The minimum absolute atomic E-state index is 0.0616. The first-order valence-electron chi connectivity index (χ1n) is 12.5. The van der Waals surface area contributed by atoms with E-state index in [4.69, 9.17) is 21.7 Å². The summed E-state index contributed by atoms with van der Waals surface area (Å²) < 4.78 is 11.3. The number of carbonyl (C=O) groups excluding carboxylic acids is 2. The molecule has 2 aromatic carbocycles. The summed E-state index contributed by atoms with van der Waals surface area (Å²) in [5.74, 6) is 0.209. The third kappa shape index (κ3) is 5.81. The zero-order valence-electron chi connectivity index (χ0n) is 21.4. The van der Waals surface area contributed by atoms with Gasteiger partial charge in [-0.15, -0.1) is 0 Å². The van der Waals surface area contributed by atoms with Gasteiger partial charge >= 0.3 is 12.2 Å². The van der Waals surface area contributed by atoms with Crippen LogP contribution in [0.3, 0.4) is 0 Å². The van der Waals surface area contributed by atoms with E-state index in [1.165, 1.54) is 5.01 Å². The Morgan fingerprint density at radius 2 is 1.53 bits per heavy atom. The number of hydrogen-bond donors (Lipinski definition) is 2. The predicted molar refractivity (Wildman–Crippen MR) is 144 cm³/mol. The molecule has 2 N–H and O–H groups in total. The zero-order valence-corrected chi connectivity index (χ0v) is 22.2. The van der Waals surface area contributed by atoms with E-state index in [1.807, 2.05) is 31.3 Å². The lowest BCUT2D eigenvalue weighted by Crippen LogP contribution is -2.54. The zero-order chi connectivity index (χ0) is 25.9. The number of ether oxygens (including phenoxy) is 2. The molecule has 0 saturated heterocycles. The summed E-state index contributed by atoms with van der Waals surface area (Å²) in [6, 6.07) is 16.2. The Morgan fingerprint density at radius 1 is 0.972 bits per heavy atom. The summed E-state index contributed by atoms with van der Waals surface area (Å²) in [5.41, 5.74) is 6.58. The molecule has 2 amide bonds. The van der Waals surface area contributed by atoms with Crippen LogP contribution in [0.1, 0.15) is 63.5 Å². The highest BCUT2D eigenvalue weighted by atomic mass is 32.1. The van der Waals surface area contributed by atoms with Gasteiger partial charge in [-0.3, -0.25) is 0 Å². The van der Waals surface area contributed by atoms with E-state index in [0.717, 1.165) is 40.1 Å². The highest BCUT2D eigenvalue weighted by Crippen LogP contribution is 2.44. The van der Waals surface area contributed by atoms with Gasteiger partial charge in [0.05, 0.1) is 11.0 Å². The van der Waals surface area contributed by atoms with Gasteiger partial charge < -0.3 is 14.8 Å². The molecule has 1 saturated carbocycles. The van der Waals surface area contributed by atoms with E-state index in [1.54, 1.807) is 20.8 Å². The lowest BCUT2D eigenvalue weighted by Gasteiger charge is -2.36. The standard InChI is InChI=1S/C28H35N3O4S/c1-28(2,3)35-26(32)30-31(19-15-13-18(14-16-19)25(36)29-4)27(33)34-17-24-22-11-7-5-9-20(22)21-10-6-8-12-23(21)24/h5-12,18-19,24H,13-17H2,1-4H3,(H,29,36)(H,30,32). The Bertz CT molecular complexity index is 1080. The Hall–Kier alpha value is -3.13. The van der Waals surface area contributed by atoms with Crippen LogP contribution in [0.15, 0.2) is 48.5 Å². The SMILES string of the molecule is CNC(=S)C1CCC(N(NC(=O)OC(C)(C)C)C(=O)OCC2c3ccccc3-c3ccccc32)CC1. The van der Waals surface area contributed by atoms with Crippen molar-refractivity contribution in [2.45, 2.75) is 64.0 Å². The molecular formula is C28H35N3O4S. The molecule has 36 heavy (non-hydrogen) atoms. The average Bonchev–Trinajstić information content (AvgIpc) is 3.18. The van der Waals surface area contributed by atoms with Crippen molar-refractivity contribution < 1.29 is 19.1 Å². The Kier molecular flexibility index (Phi) is 7.83. The van der Waals surface area contributed by atoms with Crippen LogP contribution in [0.2, 0.25) is 0 Å². The first kappa shape index (κ1) is 25.9. The van der Waals surface area contributed by atoms with Gasteiger partial charge in [0, 0.05) is 18.9 Å². The highest BCUT2D eigenvalue weighted by molar-refractivity contribution is 7.80. The van der Waals surface area contributed by atoms with Crippen LogP contribution in [-0.2, 0) is 9.47 Å². The second-order valence-electron chi connectivity index (χ2n) is 10.4. The lowest BCUT2D eigenvalue weighted by molar-refractivity contribution is 0.0126. The minimum atomic E-state index is -0.687. The molecule has 2 aliphatic rings. The first-order valence-corrected chi connectivity index (χ1v) is 12.9. The Balaban J connectivity index is 1.48. The van der Waals surface area contributed by atoms with Crippen molar-refractivity contribution in [3.8, 4) is 11.1 Å². The van der Waals surface area contributed by atoms with Crippen LogP contribution in [0.4, 0.5) is 9.59 Å². The van der Waals surface area contributed by atoms with Crippen molar-refractivity contribution in [3.63, 3.8) is 0 Å². The summed E-state index contributed by atoms with van der Waals surface area (Å²) in [5, 5.41) is 4.38. The maximum absolute atomic E-state index is 13.4. The highest BCUT2D eigenvalue weighted by Gasteiger charge is 2.35. The molecule has 0 aliphatic heterocycles. The molecule has 1 fully saturated rings. The fraction of sp³-hybridized carbons (Fsp3) is 0.464. The molecule has 0 radical (unpaired) electrons. The third-order valence-electron chi connectivity index (χ3n) is 6.82. The molecule has 0 bridgehead atoms. The largest absolute Gasteiger partial charge is 0.447 e. The number of hydrogen-bond acceptors (Lipinski definition) is 5. The van der Waals surface area contributed by atoms with Gasteiger partial charge in [0.15, 0.2) is 0 Å². The fourth-order valence-corrected chi connectivity index (χ4v) is 5.38. The summed E-state index contributed by atoms with van der Waals surface area (Å²) >= 11 is 5.42. The molecule has 0 heterocycles.